The Labute approximate surface area is 206 Å². The van der Waals surface area contributed by atoms with Crippen LogP contribution in [-0.4, -0.2) is 35.6 Å². The number of allylic oxidation sites excluding steroid dienone is 3. The number of ether oxygens (including phenoxy) is 2. The fraction of sp³-hybridized carbons (Fsp3) is 0.867. The second-order valence-electron chi connectivity index (χ2n) is 12.2. The highest BCUT2D eigenvalue weighted by Crippen LogP contribution is 2.37. The van der Waals surface area contributed by atoms with Gasteiger partial charge in [-0.25, -0.2) is 0 Å². The van der Waals surface area contributed by atoms with Crippen LogP contribution in [0.1, 0.15) is 120 Å². The third-order valence-corrected chi connectivity index (χ3v) is 7.61. The molecule has 33 heavy (non-hydrogen) atoms. The van der Waals surface area contributed by atoms with Gasteiger partial charge in [-0.15, -0.1) is 0 Å². The van der Waals surface area contributed by atoms with Crippen LogP contribution in [-0.2, 0) is 9.47 Å². The molecule has 1 rings (SSSR count). The van der Waals surface area contributed by atoms with E-state index in [1.165, 1.54) is 36.8 Å². The van der Waals surface area contributed by atoms with E-state index in [0.29, 0.717) is 17.8 Å². The van der Waals surface area contributed by atoms with Crippen molar-refractivity contribution in [2.45, 2.75) is 137 Å². The number of aliphatic hydroxyl groups is 1. The lowest BCUT2D eigenvalue weighted by Crippen LogP contribution is -2.46. The Morgan fingerprint density at radius 2 is 1.73 bits per heavy atom. The Morgan fingerprint density at radius 3 is 2.36 bits per heavy atom. The van der Waals surface area contributed by atoms with Crippen LogP contribution in [0.3, 0.4) is 0 Å². The van der Waals surface area contributed by atoms with Crippen molar-refractivity contribution in [1.29, 1.82) is 0 Å². The van der Waals surface area contributed by atoms with Crippen LogP contribution in [0.2, 0.25) is 0 Å². The summed E-state index contributed by atoms with van der Waals surface area (Å²) in [5.41, 5.74) is 1.88. The lowest BCUT2D eigenvalue weighted by atomic mass is 9.75. The molecule has 0 saturated heterocycles. The lowest BCUT2D eigenvalue weighted by molar-refractivity contribution is -0.129. The summed E-state index contributed by atoms with van der Waals surface area (Å²) < 4.78 is 12.4. The molecule has 0 aromatic heterocycles. The molecule has 1 aliphatic carbocycles. The van der Waals surface area contributed by atoms with Crippen molar-refractivity contribution in [2.75, 3.05) is 13.2 Å². The van der Waals surface area contributed by atoms with Gasteiger partial charge in [0.2, 0.25) is 0 Å². The van der Waals surface area contributed by atoms with Crippen LogP contribution in [0.5, 0.6) is 0 Å². The molecule has 1 fully saturated rings. The third kappa shape index (κ3) is 13.1. The molecule has 0 aromatic rings. The second-order valence-corrected chi connectivity index (χ2v) is 12.2. The summed E-state index contributed by atoms with van der Waals surface area (Å²) >= 11 is 0. The summed E-state index contributed by atoms with van der Waals surface area (Å²) in [6.07, 6.45) is 13.1. The number of hydrogen-bond donors (Lipinski definition) is 1. The molecule has 0 amide bonds. The fourth-order valence-corrected chi connectivity index (χ4v) is 4.79. The van der Waals surface area contributed by atoms with E-state index in [4.69, 9.17) is 9.47 Å². The highest BCUT2D eigenvalue weighted by atomic mass is 16.5. The van der Waals surface area contributed by atoms with Crippen molar-refractivity contribution >= 4 is 0 Å². The first-order valence-corrected chi connectivity index (χ1v) is 13.6. The largest absolute Gasteiger partial charge is 0.387 e. The molecule has 0 heterocycles. The zero-order chi connectivity index (χ0) is 25.1. The molecule has 4 unspecified atom stereocenters. The molecule has 3 heteroatoms. The Morgan fingerprint density at radius 1 is 1.09 bits per heavy atom. The van der Waals surface area contributed by atoms with Gasteiger partial charge in [-0.05, 0) is 111 Å². The molecule has 1 saturated carbocycles. The van der Waals surface area contributed by atoms with Crippen molar-refractivity contribution < 1.29 is 14.6 Å². The Bertz CT molecular complexity index is 585. The quantitative estimate of drug-likeness (QED) is 0.234. The van der Waals surface area contributed by atoms with E-state index in [9.17, 15) is 5.11 Å². The van der Waals surface area contributed by atoms with Gasteiger partial charge < -0.3 is 14.6 Å². The monoisotopic (exact) mass is 464 g/mol. The minimum Gasteiger partial charge on any atom is -0.387 e. The molecule has 0 aromatic carbocycles. The molecule has 1 aliphatic rings. The maximum atomic E-state index is 10.7. The summed E-state index contributed by atoms with van der Waals surface area (Å²) in [7, 11) is 0. The predicted molar refractivity (Wildman–Crippen MR) is 143 cm³/mol. The standard InChI is InChI=1S/C30H56O3/c1-23(2)12-10-13-25(5)17-21-33-29(7,8)18-11-14-26(6)16-20-32-28-22-27(24(3)4)15-19-30(28,9)31/h12,25-28,31H,3,10-11,13-22H2,1-2,4-9H3/t25?,26?,27-,28?,30?/m1/s1. The summed E-state index contributed by atoms with van der Waals surface area (Å²) in [5.74, 6) is 1.82. The average Bonchev–Trinajstić information content (AvgIpc) is 2.68. The summed E-state index contributed by atoms with van der Waals surface area (Å²) in [6.45, 7) is 23.2. The van der Waals surface area contributed by atoms with Gasteiger partial charge in [0, 0.05) is 13.2 Å². The van der Waals surface area contributed by atoms with Gasteiger partial charge in [0.05, 0.1) is 17.3 Å². The van der Waals surface area contributed by atoms with Crippen molar-refractivity contribution in [3.63, 3.8) is 0 Å². The van der Waals surface area contributed by atoms with Crippen molar-refractivity contribution in [2.24, 2.45) is 17.8 Å². The first-order valence-electron chi connectivity index (χ1n) is 13.6. The molecular weight excluding hydrogens is 408 g/mol. The Kier molecular flexibility index (Phi) is 13.5. The second kappa shape index (κ2) is 14.7. The minimum absolute atomic E-state index is 0.0474. The smallest absolute Gasteiger partial charge is 0.0880 e. The van der Waals surface area contributed by atoms with Crippen LogP contribution in [0.25, 0.3) is 0 Å². The minimum atomic E-state index is -0.709. The van der Waals surface area contributed by atoms with Crippen LogP contribution in [0, 0.1) is 17.8 Å². The van der Waals surface area contributed by atoms with Crippen LogP contribution in [0.4, 0.5) is 0 Å². The first kappa shape index (κ1) is 30.4. The zero-order valence-electron chi connectivity index (χ0n) is 23.3. The van der Waals surface area contributed by atoms with Crippen molar-refractivity contribution in [1.82, 2.24) is 0 Å². The van der Waals surface area contributed by atoms with E-state index < -0.39 is 5.60 Å². The molecular formula is C30H56O3. The van der Waals surface area contributed by atoms with Gasteiger partial charge in [-0.2, -0.15) is 0 Å². The van der Waals surface area contributed by atoms with E-state index in [1.54, 1.807) is 0 Å². The van der Waals surface area contributed by atoms with Gasteiger partial charge in [-0.3, -0.25) is 0 Å². The van der Waals surface area contributed by atoms with Gasteiger partial charge in [0.1, 0.15) is 0 Å². The maximum absolute atomic E-state index is 10.7. The van der Waals surface area contributed by atoms with E-state index in [2.05, 4.69) is 61.1 Å². The topological polar surface area (TPSA) is 38.7 Å². The van der Waals surface area contributed by atoms with E-state index in [-0.39, 0.29) is 11.7 Å². The van der Waals surface area contributed by atoms with E-state index in [0.717, 1.165) is 51.7 Å². The lowest BCUT2D eigenvalue weighted by Gasteiger charge is -2.41. The van der Waals surface area contributed by atoms with E-state index >= 15 is 0 Å². The number of hydrogen-bond acceptors (Lipinski definition) is 3. The molecule has 0 aliphatic heterocycles. The Hall–Kier alpha value is -0.640. The average molecular weight is 465 g/mol. The fourth-order valence-electron chi connectivity index (χ4n) is 4.79. The first-order chi connectivity index (χ1) is 15.3. The predicted octanol–water partition coefficient (Wildman–Crippen LogP) is 8.26. The van der Waals surface area contributed by atoms with Crippen molar-refractivity contribution in [3.8, 4) is 0 Å². The zero-order valence-corrected chi connectivity index (χ0v) is 23.3. The molecule has 0 radical (unpaired) electrons. The van der Waals surface area contributed by atoms with Crippen LogP contribution in [0.15, 0.2) is 23.8 Å². The normalized spacial score (nSPS) is 25.5. The molecule has 194 valence electrons. The number of rotatable bonds is 16. The molecule has 5 atom stereocenters. The molecule has 0 bridgehead atoms. The van der Waals surface area contributed by atoms with Crippen LogP contribution < -0.4 is 0 Å². The van der Waals surface area contributed by atoms with Gasteiger partial charge >= 0.3 is 0 Å². The maximum Gasteiger partial charge on any atom is 0.0880 e. The molecule has 0 spiro atoms. The van der Waals surface area contributed by atoms with Gasteiger partial charge in [0.25, 0.3) is 0 Å². The molecule has 3 nitrogen and oxygen atoms in total. The SMILES string of the molecule is C=C(C)[C@@H]1CCC(C)(O)C(OCCC(C)CCCC(C)(C)OCCC(C)CCC=C(C)C)C1. The summed E-state index contributed by atoms with van der Waals surface area (Å²) in [4.78, 5) is 0. The van der Waals surface area contributed by atoms with Gasteiger partial charge in [0.15, 0.2) is 0 Å². The third-order valence-electron chi connectivity index (χ3n) is 7.61. The summed E-state index contributed by atoms with van der Waals surface area (Å²) in [6, 6.07) is 0. The van der Waals surface area contributed by atoms with Crippen molar-refractivity contribution in [3.05, 3.63) is 23.8 Å². The Balaban J connectivity index is 2.21. The highest BCUT2D eigenvalue weighted by molar-refractivity contribution is 5.03. The molecule has 1 N–H and O–H groups in total. The van der Waals surface area contributed by atoms with Gasteiger partial charge in [-0.1, -0.05) is 50.5 Å². The van der Waals surface area contributed by atoms with Crippen LogP contribution >= 0.6 is 0 Å². The summed E-state index contributed by atoms with van der Waals surface area (Å²) in [5, 5.41) is 10.7. The highest BCUT2D eigenvalue weighted by Gasteiger charge is 2.39. The van der Waals surface area contributed by atoms with E-state index in [1.807, 2.05) is 6.92 Å².